The van der Waals surface area contributed by atoms with Crippen molar-refractivity contribution in [3.63, 3.8) is 0 Å². The number of aryl methyl sites for hydroxylation is 1. The Morgan fingerprint density at radius 1 is 1.10 bits per heavy atom. The zero-order chi connectivity index (χ0) is 15.0. The molecule has 6 nitrogen and oxygen atoms in total. The second kappa shape index (κ2) is 8.65. The number of ether oxygens (including phenoxy) is 1. The molecule has 0 aliphatic rings. The molecule has 0 aromatic heterocycles. The molecular formula is C14H20O6. The van der Waals surface area contributed by atoms with Crippen LogP contribution in [0.4, 0.5) is 0 Å². The maximum Gasteiger partial charge on any atom is 0.306 e. The molecule has 0 bridgehead atoms. The molecule has 0 spiro atoms. The number of carbonyl (C=O) groups is 1. The van der Waals surface area contributed by atoms with E-state index < -0.39 is 37.5 Å². The van der Waals surface area contributed by atoms with Crippen LogP contribution < -0.4 is 0 Å². The van der Waals surface area contributed by atoms with E-state index in [0.29, 0.717) is 6.42 Å². The van der Waals surface area contributed by atoms with Gasteiger partial charge in [-0.1, -0.05) is 30.3 Å². The average molecular weight is 284 g/mol. The van der Waals surface area contributed by atoms with Crippen LogP contribution in [0.3, 0.4) is 0 Å². The third kappa shape index (κ3) is 5.66. The Balaban J connectivity index is 2.26. The van der Waals surface area contributed by atoms with Gasteiger partial charge in [0.1, 0.15) is 24.9 Å². The van der Waals surface area contributed by atoms with Crippen LogP contribution >= 0.6 is 0 Å². The van der Waals surface area contributed by atoms with E-state index in [1.165, 1.54) is 0 Å². The van der Waals surface area contributed by atoms with Crippen LogP contribution in [0.5, 0.6) is 0 Å². The van der Waals surface area contributed by atoms with Gasteiger partial charge in [-0.2, -0.15) is 0 Å². The van der Waals surface area contributed by atoms with Crippen molar-refractivity contribution in [1.82, 2.24) is 0 Å². The molecule has 0 aliphatic heterocycles. The van der Waals surface area contributed by atoms with E-state index in [0.717, 1.165) is 5.56 Å². The summed E-state index contributed by atoms with van der Waals surface area (Å²) in [4.78, 5) is 11.5. The van der Waals surface area contributed by atoms with Crippen LogP contribution in [0, 0.1) is 0 Å². The molecule has 0 aliphatic carbocycles. The first-order chi connectivity index (χ1) is 9.54. The number of esters is 1. The topological polar surface area (TPSA) is 107 Å². The lowest BCUT2D eigenvalue weighted by Crippen LogP contribution is -2.42. The van der Waals surface area contributed by atoms with Gasteiger partial charge in [-0.15, -0.1) is 0 Å². The van der Waals surface area contributed by atoms with Crippen molar-refractivity contribution in [2.24, 2.45) is 0 Å². The first kappa shape index (κ1) is 16.6. The Labute approximate surface area is 117 Å². The zero-order valence-electron chi connectivity index (χ0n) is 11.1. The Morgan fingerprint density at radius 2 is 1.75 bits per heavy atom. The highest BCUT2D eigenvalue weighted by Gasteiger charge is 2.25. The van der Waals surface area contributed by atoms with Crippen molar-refractivity contribution >= 4 is 5.97 Å². The molecule has 4 N–H and O–H groups in total. The summed E-state index contributed by atoms with van der Waals surface area (Å²) in [5, 5.41) is 36.5. The fourth-order valence-corrected chi connectivity index (χ4v) is 1.60. The summed E-state index contributed by atoms with van der Waals surface area (Å²) >= 11 is 0. The van der Waals surface area contributed by atoms with Gasteiger partial charge < -0.3 is 25.2 Å². The molecule has 0 amide bonds. The van der Waals surface area contributed by atoms with E-state index in [4.69, 9.17) is 14.9 Å². The lowest BCUT2D eigenvalue weighted by molar-refractivity contribution is -0.152. The van der Waals surface area contributed by atoms with E-state index in [1.807, 2.05) is 30.3 Å². The van der Waals surface area contributed by atoms with Crippen molar-refractivity contribution in [2.75, 3.05) is 13.2 Å². The Hall–Kier alpha value is -1.47. The van der Waals surface area contributed by atoms with E-state index in [1.54, 1.807) is 0 Å². The zero-order valence-corrected chi connectivity index (χ0v) is 11.1. The van der Waals surface area contributed by atoms with Gasteiger partial charge in [0.2, 0.25) is 0 Å². The minimum absolute atomic E-state index is 0.162. The van der Waals surface area contributed by atoms with Gasteiger partial charge in [0.25, 0.3) is 0 Å². The van der Waals surface area contributed by atoms with Gasteiger partial charge in [0, 0.05) is 6.42 Å². The second-order valence-electron chi connectivity index (χ2n) is 4.48. The van der Waals surface area contributed by atoms with E-state index in [-0.39, 0.29) is 6.42 Å². The molecule has 1 aromatic rings. The van der Waals surface area contributed by atoms with Crippen LogP contribution in [0.1, 0.15) is 12.0 Å². The minimum atomic E-state index is -1.55. The molecule has 20 heavy (non-hydrogen) atoms. The van der Waals surface area contributed by atoms with Crippen molar-refractivity contribution in [3.05, 3.63) is 35.9 Å². The lowest BCUT2D eigenvalue weighted by atomic mass is 10.1. The van der Waals surface area contributed by atoms with Crippen LogP contribution in [-0.4, -0.2) is 57.9 Å². The maximum atomic E-state index is 11.5. The molecule has 3 atom stereocenters. The third-order valence-corrected chi connectivity index (χ3v) is 2.85. The van der Waals surface area contributed by atoms with Crippen molar-refractivity contribution in [2.45, 2.75) is 31.2 Å². The Morgan fingerprint density at radius 3 is 2.35 bits per heavy atom. The van der Waals surface area contributed by atoms with Gasteiger partial charge >= 0.3 is 5.97 Å². The molecular weight excluding hydrogens is 264 g/mol. The van der Waals surface area contributed by atoms with Crippen molar-refractivity contribution in [1.29, 1.82) is 0 Å². The molecule has 1 rings (SSSR count). The number of carbonyl (C=O) groups excluding carboxylic acids is 1. The third-order valence-electron chi connectivity index (χ3n) is 2.85. The summed E-state index contributed by atoms with van der Waals surface area (Å²) in [6, 6.07) is 9.41. The molecule has 0 saturated carbocycles. The van der Waals surface area contributed by atoms with Gasteiger partial charge in [-0.25, -0.2) is 0 Å². The monoisotopic (exact) mass is 284 g/mol. The average Bonchev–Trinajstić information content (AvgIpc) is 2.49. The molecule has 112 valence electrons. The normalized spacial score (nSPS) is 15.4. The molecule has 0 heterocycles. The molecule has 6 heteroatoms. The second-order valence-corrected chi connectivity index (χ2v) is 4.48. The Bertz CT molecular complexity index is 394. The smallest absolute Gasteiger partial charge is 0.306 e. The summed E-state index contributed by atoms with van der Waals surface area (Å²) in [6.07, 6.45) is -3.76. The predicted molar refractivity (Wildman–Crippen MR) is 70.8 cm³/mol. The maximum absolute atomic E-state index is 11.5. The number of rotatable bonds is 8. The largest absolute Gasteiger partial charge is 0.463 e. The molecule has 0 fully saturated rings. The first-order valence-corrected chi connectivity index (χ1v) is 6.39. The lowest BCUT2D eigenvalue weighted by Gasteiger charge is -2.21. The highest BCUT2D eigenvalue weighted by molar-refractivity contribution is 5.69. The molecule has 0 unspecified atom stereocenters. The fourth-order valence-electron chi connectivity index (χ4n) is 1.60. The summed E-state index contributed by atoms with van der Waals surface area (Å²) in [6.45, 7) is -1.11. The van der Waals surface area contributed by atoms with Crippen LogP contribution in [-0.2, 0) is 16.0 Å². The highest BCUT2D eigenvalue weighted by atomic mass is 16.5. The highest BCUT2D eigenvalue weighted by Crippen LogP contribution is 2.05. The van der Waals surface area contributed by atoms with Crippen molar-refractivity contribution in [3.8, 4) is 0 Å². The molecule has 0 saturated heterocycles. The van der Waals surface area contributed by atoms with Crippen molar-refractivity contribution < 1.29 is 30.0 Å². The molecule has 1 aromatic carbocycles. The predicted octanol–water partition coefficient (Wildman–Crippen LogP) is -0.763. The fraction of sp³-hybridized carbons (Fsp3) is 0.500. The summed E-state index contributed by atoms with van der Waals surface area (Å²) < 4.78 is 4.80. The number of hydrogen-bond donors (Lipinski definition) is 4. The standard InChI is InChI=1S/C14H20O6/c15-8-11(16)14(19)12(17)9-20-13(18)7-6-10-4-2-1-3-5-10/h1-5,11-12,14-17,19H,6-9H2/t11-,12+,14+/m1/s1. The number of benzene rings is 1. The minimum Gasteiger partial charge on any atom is -0.463 e. The number of aliphatic hydroxyl groups excluding tert-OH is 4. The summed E-state index contributed by atoms with van der Waals surface area (Å²) in [7, 11) is 0. The number of aliphatic hydroxyl groups is 4. The van der Waals surface area contributed by atoms with Crippen LogP contribution in [0.2, 0.25) is 0 Å². The summed E-state index contributed by atoms with van der Waals surface area (Å²) in [5.74, 6) is -0.501. The van der Waals surface area contributed by atoms with Gasteiger partial charge in [-0.3, -0.25) is 4.79 Å². The van der Waals surface area contributed by atoms with E-state index >= 15 is 0 Å². The van der Waals surface area contributed by atoms with Crippen LogP contribution in [0.15, 0.2) is 30.3 Å². The van der Waals surface area contributed by atoms with E-state index in [2.05, 4.69) is 0 Å². The SMILES string of the molecule is O=C(CCc1ccccc1)OC[C@H](O)[C@@H](O)[C@H](O)CO. The first-order valence-electron chi connectivity index (χ1n) is 6.39. The van der Waals surface area contributed by atoms with Gasteiger partial charge in [0.05, 0.1) is 6.61 Å². The van der Waals surface area contributed by atoms with Crippen LogP contribution in [0.25, 0.3) is 0 Å². The number of hydrogen-bond acceptors (Lipinski definition) is 6. The Kier molecular flexibility index (Phi) is 7.17. The van der Waals surface area contributed by atoms with Gasteiger partial charge in [0.15, 0.2) is 0 Å². The summed E-state index contributed by atoms with van der Waals surface area (Å²) in [5.41, 5.74) is 1.00. The van der Waals surface area contributed by atoms with Gasteiger partial charge in [-0.05, 0) is 12.0 Å². The van der Waals surface area contributed by atoms with E-state index in [9.17, 15) is 15.0 Å². The molecule has 0 radical (unpaired) electrons. The quantitative estimate of drug-likeness (QED) is 0.467.